The minimum Gasteiger partial charge on any atom is -0.455 e. The molecule has 0 radical (unpaired) electrons. The number of hydrogen-bond acceptors (Lipinski definition) is 6. The molecule has 1 fully saturated rings. The van der Waals surface area contributed by atoms with Crippen molar-refractivity contribution < 1.29 is 13.2 Å². The lowest BCUT2D eigenvalue weighted by atomic mass is 9.94. The van der Waals surface area contributed by atoms with Crippen molar-refractivity contribution in [3.63, 3.8) is 0 Å². The van der Waals surface area contributed by atoms with Crippen molar-refractivity contribution in [3.05, 3.63) is 11.3 Å². The Morgan fingerprint density at radius 3 is 2.88 bits per heavy atom. The zero-order valence-corrected chi connectivity index (χ0v) is 14.1. The van der Waals surface area contributed by atoms with E-state index in [4.69, 9.17) is 10.2 Å². The van der Waals surface area contributed by atoms with Crippen LogP contribution in [0, 0.1) is 0 Å². The number of nitrogens with zero attached hydrogens (tertiary/aromatic N) is 3. The Morgan fingerprint density at radius 2 is 2.17 bits per heavy atom. The number of halogens is 3. The average molecular weight is 360 g/mol. The molecule has 0 saturated carbocycles. The lowest BCUT2D eigenvalue weighted by molar-refractivity contribution is -0.0140. The number of nitrogen functional groups attached to an aromatic ring is 1. The summed E-state index contributed by atoms with van der Waals surface area (Å²) >= 11 is 0. The second-order valence-corrected chi connectivity index (χ2v) is 6.34. The maximum atomic E-state index is 13.8. The van der Waals surface area contributed by atoms with Crippen LogP contribution >= 0.6 is 12.4 Å². The van der Waals surface area contributed by atoms with Crippen LogP contribution in [-0.4, -0.2) is 42.1 Å². The summed E-state index contributed by atoms with van der Waals surface area (Å²) in [5, 5.41) is 3.24. The molecule has 132 valence electrons. The number of alkyl halides is 2. The fraction of sp³-hybridized carbons (Fsp3) is 0.600. The molecule has 1 atom stereocenters. The molecule has 2 aliphatic rings. The molecule has 3 N–H and O–H groups in total. The van der Waals surface area contributed by atoms with Gasteiger partial charge in [0.2, 0.25) is 5.95 Å². The molecule has 9 heteroatoms. The zero-order valence-electron chi connectivity index (χ0n) is 13.3. The maximum Gasteiger partial charge on any atom is 0.252 e. The van der Waals surface area contributed by atoms with Gasteiger partial charge >= 0.3 is 0 Å². The van der Waals surface area contributed by atoms with Gasteiger partial charge in [-0.25, -0.2) is 13.8 Å². The number of aromatic nitrogens is 2. The molecule has 0 amide bonds. The largest absolute Gasteiger partial charge is 0.455 e. The molecule has 6 nitrogen and oxygen atoms in total. The summed E-state index contributed by atoms with van der Waals surface area (Å²) in [5.41, 5.74) is 7.23. The summed E-state index contributed by atoms with van der Waals surface area (Å²) in [6, 6.07) is 0.371. The number of anilines is 2. The summed E-state index contributed by atoms with van der Waals surface area (Å²) in [5.74, 6) is -1.41. The predicted octanol–water partition coefficient (Wildman–Crippen LogP) is 2.15. The van der Waals surface area contributed by atoms with E-state index in [1.165, 1.54) is 0 Å². The van der Waals surface area contributed by atoms with E-state index in [0.29, 0.717) is 34.3 Å². The number of rotatable bonds is 2. The van der Waals surface area contributed by atoms with Crippen LogP contribution in [0.5, 0.6) is 0 Å². The minimum absolute atomic E-state index is 0. The second-order valence-electron chi connectivity index (χ2n) is 6.34. The highest BCUT2D eigenvalue weighted by Gasteiger charge is 2.38. The molecule has 24 heavy (non-hydrogen) atoms. The van der Waals surface area contributed by atoms with Crippen molar-refractivity contribution in [2.24, 2.45) is 0 Å². The van der Waals surface area contributed by atoms with Gasteiger partial charge in [-0.2, -0.15) is 4.98 Å². The molecule has 1 saturated heterocycles. The molecule has 3 heterocycles. The van der Waals surface area contributed by atoms with Crippen LogP contribution in [0.15, 0.2) is 4.42 Å². The van der Waals surface area contributed by atoms with Crippen LogP contribution < -0.4 is 16.0 Å². The van der Waals surface area contributed by atoms with E-state index in [9.17, 15) is 8.78 Å². The summed E-state index contributed by atoms with van der Waals surface area (Å²) in [6.45, 7) is 1.60. The van der Waals surface area contributed by atoms with Gasteiger partial charge in [-0.15, -0.1) is 12.4 Å². The summed E-state index contributed by atoms with van der Waals surface area (Å²) in [4.78, 5) is 10.6. The van der Waals surface area contributed by atoms with Crippen LogP contribution in [-0.2, 0) is 12.8 Å². The van der Waals surface area contributed by atoms with Crippen molar-refractivity contribution in [1.82, 2.24) is 15.3 Å². The molecule has 0 spiro atoms. The van der Waals surface area contributed by atoms with Crippen molar-refractivity contribution in [1.29, 1.82) is 0 Å². The third-order valence-electron chi connectivity index (χ3n) is 4.76. The molecular weight excluding hydrogens is 340 g/mol. The SMILES string of the molecule is CN[C@@H]1CCN(c2nc(N)nc3c4c(oc23)CCC(F)(F)C4)C1.Cl. The number of nitrogens with two attached hydrogens (primary N) is 1. The standard InChI is InChI=1S/C15H19F2N5O.ClH/c1-19-8-3-5-22(7-8)13-12-11(20-14(18)21-13)9-6-15(16,17)4-2-10(9)23-12;/h8,19H,2-7H2,1H3,(H2,18,20,21);1H/t8-;/m1./s1. The third kappa shape index (κ3) is 2.77. The fourth-order valence-electron chi connectivity index (χ4n) is 3.50. The van der Waals surface area contributed by atoms with Crippen molar-refractivity contribution in [2.75, 3.05) is 30.8 Å². The lowest BCUT2D eigenvalue weighted by Gasteiger charge is -2.20. The topological polar surface area (TPSA) is 80.2 Å². The van der Waals surface area contributed by atoms with E-state index in [2.05, 4.69) is 20.2 Å². The van der Waals surface area contributed by atoms with E-state index >= 15 is 0 Å². The van der Waals surface area contributed by atoms with Crippen LogP contribution in [0.25, 0.3) is 11.1 Å². The molecule has 2 aromatic rings. The van der Waals surface area contributed by atoms with Gasteiger partial charge in [0.25, 0.3) is 5.92 Å². The van der Waals surface area contributed by atoms with Gasteiger partial charge < -0.3 is 20.4 Å². The highest BCUT2D eigenvalue weighted by atomic mass is 35.5. The molecule has 0 bridgehead atoms. The van der Waals surface area contributed by atoms with E-state index in [0.717, 1.165) is 19.5 Å². The first-order valence-corrected chi connectivity index (χ1v) is 7.84. The van der Waals surface area contributed by atoms with E-state index < -0.39 is 5.92 Å². The quantitative estimate of drug-likeness (QED) is 0.855. The van der Waals surface area contributed by atoms with Crippen molar-refractivity contribution in [3.8, 4) is 0 Å². The Hall–Kier alpha value is -1.67. The number of likely N-dealkylation sites (N-methyl/N-ethyl adjacent to an activating group) is 1. The Kier molecular flexibility index (Phi) is 4.29. The van der Waals surface area contributed by atoms with Gasteiger partial charge in [0.05, 0.1) is 0 Å². The first-order chi connectivity index (χ1) is 11.0. The highest BCUT2D eigenvalue weighted by molar-refractivity contribution is 5.89. The normalized spacial score (nSPS) is 22.5. The van der Waals surface area contributed by atoms with Gasteiger partial charge in [0, 0.05) is 44.0 Å². The number of hydrogen-bond donors (Lipinski definition) is 2. The van der Waals surface area contributed by atoms with Crippen molar-refractivity contribution in [2.45, 2.75) is 37.6 Å². The highest BCUT2D eigenvalue weighted by Crippen LogP contribution is 2.40. The third-order valence-corrected chi connectivity index (χ3v) is 4.76. The molecule has 1 aliphatic carbocycles. The molecule has 1 aliphatic heterocycles. The predicted molar refractivity (Wildman–Crippen MR) is 90.1 cm³/mol. The summed E-state index contributed by atoms with van der Waals surface area (Å²) in [6.07, 6.45) is 0.672. The zero-order chi connectivity index (χ0) is 16.2. The second kappa shape index (κ2) is 6.00. The smallest absolute Gasteiger partial charge is 0.252 e. The Labute approximate surface area is 144 Å². The van der Waals surface area contributed by atoms with Gasteiger partial charge in [-0.05, 0) is 13.5 Å². The van der Waals surface area contributed by atoms with Crippen LogP contribution in [0.4, 0.5) is 20.5 Å². The molecule has 0 unspecified atom stereocenters. The Morgan fingerprint density at radius 1 is 1.38 bits per heavy atom. The molecule has 0 aromatic carbocycles. The number of furan rings is 1. The summed E-state index contributed by atoms with van der Waals surface area (Å²) < 4.78 is 33.4. The number of fused-ring (bicyclic) bond motifs is 3. The van der Waals surface area contributed by atoms with E-state index in [1.54, 1.807) is 0 Å². The summed E-state index contributed by atoms with van der Waals surface area (Å²) in [7, 11) is 1.92. The first kappa shape index (κ1) is 17.2. The number of aryl methyl sites for hydroxylation is 1. The van der Waals surface area contributed by atoms with Crippen LogP contribution in [0.1, 0.15) is 24.2 Å². The van der Waals surface area contributed by atoms with Crippen molar-refractivity contribution >= 4 is 35.3 Å². The van der Waals surface area contributed by atoms with E-state index in [-0.39, 0.29) is 37.6 Å². The fourth-order valence-corrected chi connectivity index (χ4v) is 3.50. The average Bonchev–Trinajstić information content (AvgIpc) is 3.10. The van der Waals surface area contributed by atoms with Gasteiger partial charge in [-0.3, -0.25) is 0 Å². The van der Waals surface area contributed by atoms with E-state index in [1.807, 2.05) is 7.05 Å². The maximum absolute atomic E-state index is 13.8. The minimum atomic E-state index is -2.71. The first-order valence-electron chi connectivity index (χ1n) is 7.84. The van der Waals surface area contributed by atoms with Gasteiger partial charge in [0.1, 0.15) is 11.3 Å². The molecule has 2 aromatic heterocycles. The Bertz CT molecular complexity index is 766. The molecular formula is C15H20ClF2N5O. The lowest BCUT2D eigenvalue weighted by Crippen LogP contribution is -2.30. The van der Waals surface area contributed by atoms with Gasteiger partial charge in [0.15, 0.2) is 11.4 Å². The number of nitrogens with one attached hydrogen (secondary N) is 1. The Balaban J connectivity index is 0.00000169. The van der Waals surface area contributed by atoms with Gasteiger partial charge in [-0.1, -0.05) is 0 Å². The van der Waals surface area contributed by atoms with Crippen LogP contribution in [0.2, 0.25) is 0 Å². The van der Waals surface area contributed by atoms with Crippen LogP contribution in [0.3, 0.4) is 0 Å². The monoisotopic (exact) mass is 359 g/mol. The molecule has 4 rings (SSSR count).